The quantitative estimate of drug-likeness (QED) is 0.465. The SMILES string of the molecule is [N-]=[N+]=NCC=Cc1ccc2c(N)n[nH]c2c1. The van der Waals surface area contributed by atoms with Crippen molar-refractivity contribution < 1.29 is 0 Å². The van der Waals surface area contributed by atoms with E-state index in [0.717, 1.165) is 16.5 Å². The first kappa shape index (κ1) is 10.1. The van der Waals surface area contributed by atoms with Crippen LogP contribution in [0, 0.1) is 0 Å². The van der Waals surface area contributed by atoms with Gasteiger partial charge >= 0.3 is 0 Å². The molecular weight excluding hydrogens is 204 g/mol. The molecule has 80 valence electrons. The number of aromatic nitrogens is 2. The average molecular weight is 214 g/mol. The van der Waals surface area contributed by atoms with Crippen LogP contribution < -0.4 is 5.73 Å². The first-order chi connectivity index (χ1) is 7.81. The van der Waals surface area contributed by atoms with Crippen LogP contribution in [0.5, 0.6) is 0 Å². The van der Waals surface area contributed by atoms with Crippen molar-refractivity contribution in [1.82, 2.24) is 10.2 Å². The number of nitrogens with two attached hydrogens (primary N) is 1. The van der Waals surface area contributed by atoms with E-state index in [1.165, 1.54) is 0 Å². The summed E-state index contributed by atoms with van der Waals surface area (Å²) in [7, 11) is 0. The van der Waals surface area contributed by atoms with Gasteiger partial charge in [-0.15, -0.1) is 0 Å². The van der Waals surface area contributed by atoms with E-state index in [1.54, 1.807) is 6.08 Å². The van der Waals surface area contributed by atoms with Crippen molar-refractivity contribution >= 4 is 22.8 Å². The Labute approximate surface area is 91.4 Å². The average Bonchev–Trinajstić information content (AvgIpc) is 2.66. The van der Waals surface area contributed by atoms with Gasteiger partial charge in [-0.2, -0.15) is 5.10 Å². The van der Waals surface area contributed by atoms with Gasteiger partial charge in [0.05, 0.1) is 5.52 Å². The Morgan fingerprint density at radius 1 is 1.56 bits per heavy atom. The van der Waals surface area contributed by atoms with Crippen molar-refractivity contribution in [2.24, 2.45) is 5.11 Å². The number of hydrogen-bond donors (Lipinski definition) is 2. The molecule has 1 aromatic heterocycles. The first-order valence-electron chi connectivity index (χ1n) is 4.72. The van der Waals surface area contributed by atoms with Crippen LogP contribution in [0.3, 0.4) is 0 Å². The summed E-state index contributed by atoms with van der Waals surface area (Å²) in [5.41, 5.74) is 15.7. The predicted molar refractivity (Wildman–Crippen MR) is 63.6 cm³/mol. The van der Waals surface area contributed by atoms with Crippen LogP contribution in [0.2, 0.25) is 0 Å². The molecule has 0 aliphatic rings. The monoisotopic (exact) mass is 214 g/mol. The number of nitrogens with one attached hydrogen (secondary N) is 1. The van der Waals surface area contributed by atoms with Crippen LogP contribution in [0.25, 0.3) is 27.4 Å². The molecule has 0 atom stereocenters. The Hall–Kier alpha value is -2.46. The second-order valence-electron chi connectivity index (χ2n) is 3.23. The maximum Gasteiger partial charge on any atom is 0.153 e. The number of aromatic amines is 1. The normalized spacial score (nSPS) is 10.8. The van der Waals surface area contributed by atoms with Crippen LogP contribution >= 0.6 is 0 Å². The summed E-state index contributed by atoms with van der Waals surface area (Å²) in [5, 5.41) is 11.1. The van der Waals surface area contributed by atoms with Gasteiger partial charge in [-0.25, -0.2) is 0 Å². The largest absolute Gasteiger partial charge is 0.382 e. The number of nitrogens with zero attached hydrogens (tertiary/aromatic N) is 4. The van der Waals surface area contributed by atoms with Gasteiger partial charge in [0, 0.05) is 16.8 Å². The lowest BCUT2D eigenvalue weighted by Crippen LogP contribution is -1.83. The molecule has 2 rings (SSSR count). The Bertz CT molecular complexity index is 576. The summed E-state index contributed by atoms with van der Waals surface area (Å²) in [4.78, 5) is 2.66. The molecule has 0 unspecified atom stereocenters. The fourth-order valence-corrected chi connectivity index (χ4v) is 1.43. The van der Waals surface area contributed by atoms with E-state index in [-0.39, 0.29) is 0 Å². The highest BCUT2D eigenvalue weighted by Gasteiger charge is 2.00. The Morgan fingerprint density at radius 3 is 3.25 bits per heavy atom. The Morgan fingerprint density at radius 2 is 2.44 bits per heavy atom. The van der Waals surface area contributed by atoms with Gasteiger partial charge in [-0.05, 0) is 23.2 Å². The van der Waals surface area contributed by atoms with Crippen LogP contribution in [0.4, 0.5) is 5.82 Å². The van der Waals surface area contributed by atoms with Gasteiger partial charge in [0.15, 0.2) is 5.82 Å². The van der Waals surface area contributed by atoms with Crippen LogP contribution in [0.15, 0.2) is 29.4 Å². The van der Waals surface area contributed by atoms with E-state index in [4.69, 9.17) is 11.3 Å². The van der Waals surface area contributed by atoms with E-state index in [9.17, 15) is 0 Å². The van der Waals surface area contributed by atoms with E-state index in [1.807, 2.05) is 24.3 Å². The molecule has 6 heteroatoms. The molecule has 0 spiro atoms. The summed E-state index contributed by atoms with van der Waals surface area (Å²) in [6.07, 6.45) is 3.67. The number of H-pyrrole nitrogens is 1. The van der Waals surface area contributed by atoms with Gasteiger partial charge in [0.25, 0.3) is 0 Å². The summed E-state index contributed by atoms with van der Waals surface area (Å²) in [5.74, 6) is 0.500. The molecule has 1 heterocycles. The molecule has 0 amide bonds. The minimum atomic E-state index is 0.347. The summed E-state index contributed by atoms with van der Waals surface area (Å²) in [6.45, 7) is 0.347. The zero-order chi connectivity index (χ0) is 11.4. The molecule has 2 aromatic rings. The van der Waals surface area contributed by atoms with Crippen molar-refractivity contribution in [3.8, 4) is 0 Å². The smallest absolute Gasteiger partial charge is 0.153 e. The molecule has 0 bridgehead atoms. The van der Waals surface area contributed by atoms with Crippen molar-refractivity contribution in [3.63, 3.8) is 0 Å². The van der Waals surface area contributed by atoms with Gasteiger partial charge in [-0.3, -0.25) is 5.10 Å². The van der Waals surface area contributed by atoms with Crippen LogP contribution in [0.1, 0.15) is 5.56 Å². The van der Waals surface area contributed by atoms with E-state index in [2.05, 4.69) is 20.2 Å². The highest BCUT2D eigenvalue weighted by atomic mass is 15.1. The second-order valence-corrected chi connectivity index (χ2v) is 3.23. The molecule has 3 N–H and O–H groups in total. The zero-order valence-corrected chi connectivity index (χ0v) is 8.46. The van der Waals surface area contributed by atoms with Gasteiger partial charge < -0.3 is 5.73 Å². The number of rotatable bonds is 3. The number of nitrogen functional groups attached to an aromatic ring is 1. The van der Waals surface area contributed by atoms with Crippen molar-refractivity contribution in [2.45, 2.75) is 0 Å². The van der Waals surface area contributed by atoms with E-state index in [0.29, 0.717) is 12.4 Å². The number of benzene rings is 1. The molecule has 16 heavy (non-hydrogen) atoms. The molecule has 0 aliphatic heterocycles. The highest BCUT2D eigenvalue weighted by molar-refractivity contribution is 5.89. The third-order valence-corrected chi connectivity index (χ3v) is 2.18. The van der Waals surface area contributed by atoms with Crippen molar-refractivity contribution in [3.05, 3.63) is 40.3 Å². The third kappa shape index (κ3) is 1.97. The Balaban J connectivity index is 2.26. The molecule has 0 radical (unpaired) electrons. The molecule has 6 nitrogen and oxygen atoms in total. The van der Waals surface area contributed by atoms with Gasteiger partial charge in [0.1, 0.15) is 0 Å². The van der Waals surface area contributed by atoms with Crippen molar-refractivity contribution in [2.75, 3.05) is 12.3 Å². The molecular formula is C10H10N6. The maximum atomic E-state index is 8.10. The lowest BCUT2D eigenvalue weighted by Gasteiger charge is -1.93. The van der Waals surface area contributed by atoms with Crippen molar-refractivity contribution in [1.29, 1.82) is 0 Å². The third-order valence-electron chi connectivity index (χ3n) is 2.18. The first-order valence-corrected chi connectivity index (χ1v) is 4.72. The number of anilines is 1. The van der Waals surface area contributed by atoms with Gasteiger partial charge in [-0.1, -0.05) is 23.3 Å². The zero-order valence-electron chi connectivity index (χ0n) is 8.46. The topological polar surface area (TPSA) is 103 Å². The molecule has 0 fully saturated rings. The summed E-state index contributed by atoms with van der Waals surface area (Å²) < 4.78 is 0. The van der Waals surface area contributed by atoms with E-state index < -0.39 is 0 Å². The number of azide groups is 1. The lowest BCUT2D eigenvalue weighted by atomic mass is 10.1. The minimum Gasteiger partial charge on any atom is -0.382 e. The fraction of sp³-hybridized carbons (Fsp3) is 0.100. The molecule has 0 saturated heterocycles. The highest BCUT2D eigenvalue weighted by Crippen LogP contribution is 2.19. The predicted octanol–water partition coefficient (Wildman–Crippen LogP) is 2.47. The molecule has 1 aromatic carbocycles. The summed E-state index contributed by atoms with van der Waals surface area (Å²) in [6, 6.07) is 5.77. The number of fused-ring (bicyclic) bond motifs is 1. The molecule has 0 saturated carbocycles. The van der Waals surface area contributed by atoms with Crippen LogP contribution in [-0.2, 0) is 0 Å². The lowest BCUT2D eigenvalue weighted by molar-refractivity contribution is 1.13. The minimum absolute atomic E-state index is 0.347. The number of hydrogen-bond acceptors (Lipinski definition) is 3. The maximum absolute atomic E-state index is 8.10. The fourth-order valence-electron chi connectivity index (χ4n) is 1.43. The molecule has 0 aliphatic carbocycles. The second kappa shape index (κ2) is 4.37. The van der Waals surface area contributed by atoms with E-state index >= 15 is 0 Å². The summed E-state index contributed by atoms with van der Waals surface area (Å²) >= 11 is 0. The standard InChI is InChI=1S/C10H10N6/c11-10-8-4-3-7(2-1-5-13-16-12)6-9(8)14-15-10/h1-4,6H,5H2,(H3,11,14,15). The Kier molecular flexibility index (Phi) is 2.75. The van der Waals surface area contributed by atoms with Gasteiger partial charge in [0.2, 0.25) is 0 Å². The van der Waals surface area contributed by atoms with Crippen LogP contribution in [-0.4, -0.2) is 16.7 Å².